The van der Waals surface area contributed by atoms with Crippen LogP contribution >= 0.6 is 11.6 Å². The van der Waals surface area contributed by atoms with Crippen LogP contribution in [0.1, 0.15) is 20.3 Å². The fraction of sp³-hybridized carbons (Fsp3) is 0.556. The molecule has 56 valence electrons. The van der Waals surface area contributed by atoms with Crippen molar-refractivity contribution in [3.63, 3.8) is 0 Å². The largest absolute Gasteiger partial charge is 0.118 e. The van der Waals surface area contributed by atoms with Gasteiger partial charge in [0.15, 0.2) is 0 Å². The van der Waals surface area contributed by atoms with Crippen molar-refractivity contribution >= 4 is 11.6 Å². The van der Waals surface area contributed by atoms with E-state index in [1.165, 1.54) is 5.57 Å². The molecule has 0 nitrogen and oxygen atoms in total. The number of hydrogen-bond donors (Lipinski definition) is 0. The van der Waals surface area contributed by atoms with Gasteiger partial charge < -0.3 is 0 Å². The van der Waals surface area contributed by atoms with Crippen molar-refractivity contribution in [1.29, 1.82) is 0 Å². The normalized spacial score (nSPS) is 25.2. The second-order valence-corrected chi connectivity index (χ2v) is 3.48. The van der Waals surface area contributed by atoms with Crippen LogP contribution in [0.15, 0.2) is 23.8 Å². The Balaban J connectivity index is 2.70. The molecule has 0 aromatic rings. The van der Waals surface area contributed by atoms with Crippen LogP contribution in [-0.2, 0) is 0 Å². The van der Waals surface area contributed by atoms with Gasteiger partial charge >= 0.3 is 0 Å². The van der Waals surface area contributed by atoms with Gasteiger partial charge in [0.2, 0.25) is 0 Å². The zero-order valence-corrected chi connectivity index (χ0v) is 7.23. The van der Waals surface area contributed by atoms with Crippen LogP contribution in [0, 0.1) is 5.92 Å². The molecule has 0 radical (unpaired) electrons. The second kappa shape index (κ2) is 3.25. The van der Waals surface area contributed by atoms with Gasteiger partial charge in [-0.1, -0.05) is 32.1 Å². The molecule has 0 aromatic carbocycles. The molecule has 0 aliphatic heterocycles. The highest BCUT2D eigenvalue weighted by molar-refractivity contribution is 6.22. The summed E-state index contributed by atoms with van der Waals surface area (Å²) in [4.78, 5) is 0. The monoisotopic (exact) mass is 156 g/mol. The zero-order chi connectivity index (χ0) is 7.56. The Morgan fingerprint density at radius 2 is 2.30 bits per heavy atom. The van der Waals surface area contributed by atoms with Crippen LogP contribution < -0.4 is 0 Å². The van der Waals surface area contributed by atoms with E-state index < -0.39 is 0 Å². The van der Waals surface area contributed by atoms with Crippen LogP contribution in [0.5, 0.6) is 0 Å². The first-order valence-corrected chi connectivity index (χ1v) is 4.16. The van der Waals surface area contributed by atoms with Gasteiger partial charge in [-0.05, 0) is 17.9 Å². The summed E-state index contributed by atoms with van der Waals surface area (Å²) in [5.41, 5.74) is 1.36. The summed E-state index contributed by atoms with van der Waals surface area (Å²) in [7, 11) is 0. The van der Waals surface area contributed by atoms with Crippen molar-refractivity contribution < 1.29 is 0 Å². The molecule has 1 aliphatic carbocycles. The van der Waals surface area contributed by atoms with Gasteiger partial charge in [0, 0.05) is 0 Å². The lowest BCUT2D eigenvalue weighted by Gasteiger charge is -2.18. The highest BCUT2D eigenvalue weighted by Gasteiger charge is 2.14. The lowest BCUT2D eigenvalue weighted by Crippen LogP contribution is -2.09. The number of halogens is 1. The van der Waals surface area contributed by atoms with Crippen molar-refractivity contribution in [2.24, 2.45) is 5.92 Å². The molecular weight excluding hydrogens is 144 g/mol. The molecule has 1 aliphatic rings. The Morgan fingerprint density at radius 1 is 1.60 bits per heavy atom. The molecule has 1 rings (SSSR count). The van der Waals surface area contributed by atoms with Gasteiger partial charge in [-0.2, -0.15) is 0 Å². The molecule has 0 fully saturated rings. The number of alkyl halides is 1. The van der Waals surface area contributed by atoms with Crippen LogP contribution in [0.4, 0.5) is 0 Å². The molecule has 0 spiro atoms. The van der Waals surface area contributed by atoms with E-state index in [2.05, 4.69) is 32.1 Å². The van der Waals surface area contributed by atoms with Crippen molar-refractivity contribution in [1.82, 2.24) is 0 Å². The molecule has 1 heteroatoms. The number of hydrogen-bond acceptors (Lipinski definition) is 0. The summed E-state index contributed by atoms with van der Waals surface area (Å²) >= 11 is 6.06. The first-order chi connectivity index (χ1) is 4.72. The highest BCUT2D eigenvalue weighted by atomic mass is 35.5. The Bertz CT molecular complexity index is 166. The van der Waals surface area contributed by atoms with Gasteiger partial charge in [-0.25, -0.2) is 0 Å². The predicted octanol–water partition coefficient (Wildman–Crippen LogP) is 3.14. The number of rotatable bonds is 1. The Hall–Kier alpha value is -0.230. The third-order valence-electron chi connectivity index (χ3n) is 1.80. The maximum Gasteiger partial charge on any atom is 0.0585 e. The summed E-state index contributed by atoms with van der Waals surface area (Å²) in [5.74, 6) is 0.590. The van der Waals surface area contributed by atoms with Crippen molar-refractivity contribution in [3.8, 4) is 0 Å². The molecule has 1 atom stereocenters. The van der Waals surface area contributed by atoms with Gasteiger partial charge in [0.1, 0.15) is 0 Å². The summed E-state index contributed by atoms with van der Waals surface area (Å²) < 4.78 is 0. The van der Waals surface area contributed by atoms with Crippen molar-refractivity contribution in [3.05, 3.63) is 23.8 Å². The van der Waals surface area contributed by atoms with Crippen LogP contribution in [-0.4, -0.2) is 5.38 Å². The SMILES string of the molecule is CC(C)C1=CC=CCC1Cl. The van der Waals surface area contributed by atoms with E-state index in [0.29, 0.717) is 5.92 Å². The maximum atomic E-state index is 6.06. The van der Waals surface area contributed by atoms with E-state index in [0.717, 1.165) is 6.42 Å². The first kappa shape index (κ1) is 7.87. The molecule has 0 N–H and O–H groups in total. The third-order valence-corrected chi connectivity index (χ3v) is 2.23. The minimum Gasteiger partial charge on any atom is -0.118 e. The molecule has 0 bridgehead atoms. The van der Waals surface area contributed by atoms with Gasteiger partial charge in [-0.15, -0.1) is 11.6 Å². The van der Waals surface area contributed by atoms with E-state index in [1.807, 2.05) is 0 Å². The van der Waals surface area contributed by atoms with E-state index >= 15 is 0 Å². The van der Waals surface area contributed by atoms with Crippen LogP contribution in [0.2, 0.25) is 0 Å². The lowest BCUT2D eigenvalue weighted by atomic mass is 9.94. The average Bonchev–Trinajstić information content (AvgIpc) is 1.88. The average molecular weight is 157 g/mol. The molecule has 1 unspecified atom stereocenters. The summed E-state index contributed by atoms with van der Waals surface area (Å²) in [6.07, 6.45) is 7.33. The van der Waals surface area contributed by atoms with E-state index in [4.69, 9.17) is 11.6 Å². The van der Waals surface area contributed by atoms with Crippen molar-refractivity contribution in [2.45, 2.75) is 25.6 Å². The quantitative estimate of drug-likeness (QED) is 0.512. The van der Waals surface area contributed by atoms with Crippen LogP contribution in [0.25, 0.3) is 0 Å². The first-order valence-electron chi connectivity index (χ1n) is 3.72. The van der Waals surface area contributed by atoms with Crippen molar-refractivity contribution in [2.75, 3.05) is 0 Å². The molecule has 0 aromatic heterocycles. The minimum absolute atomic E-state index is 0.241. The highest BCUT2D eigenvalue weighted by Crippen LogP contribution is 2.24. The third kappa shape index (κ3) is 1.63. The molecule has 0 amide bonds. The topological polar surface area (TPSA) is 0 Å². The summed E-state index contributed by atoms with van der Waals surface area (Å²) in [5, 5.41) is 0.241. The Labute approximate surface area is 67.6 Å². The molecular formula is C9H13Cl. The van der Waals surface area contributed by atoms with Gasteiger partial charge in [0.25, 0.3) is 0 Å². The molecule has 0 saturated carbocycles. The zero-order valence-electron chi connectivity index (χ0n) is 6.47. The fourth-order valence-electron chi connectivity index (χ4n) is 1.17. The van der Waals surface area contributed by atoms with E-state index in [9.17, 15) is 0 Å². The van der Waals surface area contributed by atoms with Gasteiger partial charge in [-0.3, -0.25) is 0 Å². The fourth-order valence-corrected chi connectivity index (χ4v) is 1.60. The minimum atomic E-state index is 0.241. The Morgan fingerprint density at radius 3 is 2.70 bits per heavy atom. The summed E-state index contributed by atoms with van der Waals surface area (Å²) in [6, 6.07) is 0. The second-order valence-electron chi connectivity index (χ2n) is 2.95. The summed E-state index contributed by atoms with van der Waals surface area (Å²) in [6.45, 7) is 4.36. The van der Waals surface area contributed by atoms with E-state index in [1.54, 1.807) is 0 Å². The Kier molecular flexibility index (Phi) is 2.56. The predicted molar refractivity (Wildman–Crippen MR) is 46.3 cm³/mol. The van der Waals surface area contributed by atoms with E-state index in [-0.39, 0.29) is 5.38 Å². The molecule has 0 heterocycles. The van der Waals surface area contributed by atoms with Gasteiger partial charge in [0.05, 0.1) is 5.38 Å². The number of allylic oxidation sites excluding steroid dienone is 4. The van der Waals surface area contributed by atoms with Crippen LogP contribution in [0.3, 0.4) is 0 Å². The lowest BCUT2D eigenvalue weighted by molar-refractivity contribution is 0.714. The standard InChI is InChI=1S/C9H13Cl/c1-7(2)8-5-3-4-6-9(8)10/h3-5,7,9H,6H2,1-2H3. The molecule has 10 heavy (non-hydrogen) atoms. The maximum absolute atomic E-state index is 6.06. The smallest absolute Gasteiger partial charge is 0.0585 e. The molecule has 0 saturated heterocycles.